The number of ether oxygens (including phenoxy) is 1. The van der Waals surface area contributed by atoms with Crippen molar-refractivity contribution in [1.29, 1.82) is 0 Å². The largest absolute Gasteiger partial charge is 0.455 e. The second kappa shape index (κ2) is 11.7. The third kappa shape index (κ3) is 4.76. The summed E-state index contributed by atoms with van der Waals surface area (Å²) in [5.74, 6) is 1.15. The summed E-state index contributed by atoms with van der Waals surface area (Å²) in [7, 11) is -6.70. The summed E-state index contributed by atoms with van der Waals surface area (Å²) in [5, 5.41) is 4.25. The van der Waals surface area contributed by atoms with Gasteiger partial charge in [-0.3, -0.25) is 0 Å². The molecule has 5 aromatic rings. The summed E-state index contributed by atoms with van der Waals surface area (Å²) in [5.41, 5.74) is 1.38. The minimum absolute atomic E-state index is 0.518. The molecule has 0 aliphatic carbocycles. The van der Waals surface area contributed by atoms with Crippen LogP contribution in [0.4, 0.5) is 0 Å². The van der Waals surface area contributed by atoms with E-state index in [0.717, 1.165) is 32.4 Å². The highest BCUT2D eigenvalue weighted by Gasteiger charge is 2.43. The molecule has 5 heteroatoms. The van der Waals surface area contributed by atoms with E-state index in [-0.39, 0.29) is 0 Å². The fourth-order valence-electron chi connectivity index (χ4n) is 6.21. The lowest BCUT2D eigenvalue weighted by Gasteiger charge is -2.38. The molecule has 0 N–H and O–H groups in total. The maximum absolute atomic E-state index is 15.6. The van der Waals surface area contributed by atoms with Gasteiger partial charge in [0.25, 0.3) is 0 Å². The minimum Gasteiger partial charge on any atom is -0.455 e. The summed E-state index contributed by atoms with van der Waals surface area (Å²) in [6, 6.07) is 40.9. The molecule has 0 saturated carbocycles. The predicted octanol–water partition coefficient (Wildman–Crippen LogP) is 8.55. The molecule has 5 aromatic carbocycles. The number of hydrogen-bond acceptors (Lipinski definition) is 3. The average molecular weight is 615 g/mol. The monoisotopic (exact) mass is 614 g/mol. The molecule has 1 aliphatic heterocycles. The minimum atomic E-state index is -3.37. The van der Waals surface area contributed by atoms with Crippen LogP contribution in [0.5, 0.6) is 11.5 Å². The highest BCUT2D eigenvalue weighted by molar-refractivity contribution is 7.85. The molecule has 1 aliphatic rings. The Hall–Kier alpha value is -4.16. The summed E-state index contributed by atoms with van der Waals surface area (Å²) in [6.45, 7) is 8.20. The number of hydrogen-bond donors (Lipinski definition) is 0. The highest BCUT2D eigenvalue weighted by atomic mass is 31.2. The van der Waals surface area contributed by atoms with E-state index in [1.54, 1.807) is 0 Å². The quantitative estimate of drug-likeness (QED) is 0.136. The number of benzene rings is 5. The Morgan fingerprint density at radius 2 is 1.07 bits per heavy atom. The van der Waals surface area contributed by atoms with E-state index in [0.29, 0.717) is 22.1 Å². The van der Waals surface area contributed by atoms with E-state index in [1.807, 2.05) is 147 Å². The van der Waals surface area contributed by atoms with Gasteiger partial charge in [-0.05, 0) is 31.3 Å². The van der Waals surface area contributed by atoms with Crippen molar-refractivity contribution in [2.75, 3.05) is 0 Å². The van der Waals surface area contributed by atoms with Gasteiger partial charge < -0.3 is 13.9 Å². The van der Waals surface area contributed by atoms with E-state index in [4.69, 9.17) is 4.74 Å². The molecule has 0 fully saturated rings. The van der Waals surface area contributed by atoms with Crippen molar-refractivity contribution in [2.24, 2.45) is 0 Å². The van der Waals surface area contributed by atoms with Gasteiger partial charge >= 0.3 is 0 Å². The molecular weight excluding hydrogens is 578 g/mol. The van der Waals surface area contributed by atoms with Crippen molar-refractivity contribution in [3.8, 4) is 11.5 Å². The van der Waals surface area contributed by atoms with Crippen molar-refractivity contribution in [3.05, 3.63) is 162 Å². The van der Waals surface area contributed by atoms with E-state index >= 15 is 9.13 Å². The Labute approximate surface area is 260 Å². The standard InChI is InChI=1S/C39H36O3P2/c1-5-6-18-29(2)43(40,30-19-10-7-11-20-30)35-27-16-25-33-37(35)42-38-34(39(33,3)4)26-17-28-36(38)44(41,31-21-12-8-13-22-31)32-23-14-9-15-24-32/h5-28H,1-4H3/b6-5-,29-18+. The fraction of sp³-hybridized carbons (Fsp3) is 0.128. The van der Waals surface area contributed by atoms with E-state index in [9.17, 15) is 0 Å². The van der Waals surface area contributed by atoms with Crippen molar-refractivity contribution in [1.82, 2.24) is 0 Å². The maximum atomic E-state index is 15.6. The van der Waals surface area contributed by atoms with Crippen LogP contribution in [0.2, 0.25) is 0 Å². The van der Waals surface area contributed by atoms with Crippen LogP contribution in [0.1, 0.15) is 38.8 Å². The van der Waals surface area contributed by atoms with E-state index in [2.05, 4.69) is 26.0 Å². The first-order valence-electron chi connectivity index (χ1n) is 14.9. The van der Waals surface area contributed by atoms with Crippen molar-refractivity contribution >= 4 is 40.8 Å². The summed E-state index contributed by atoms with van der Waals surface area (Å²) in [4.78, 5) is 0. The fourth-order valence-corrected chi connectivity index (χ4v) is 11.7. The van der Waals surface area contributed by atoms with Gasteiger partial charge in [0.2, 0.25) is 0 Å². The average Bonchev–Trinajstić information content (AvgIpc) is 3.07. The molecule has 0 spiro atoms. The molecule has 1 unspecified atom stereocenters. The molecule has 6 rings (SSSR count). The van der Waals surface area contributed by atoms with Crippen molar-refractivity contribution in [3.63, 3.8) is 0 Å². The Kier molecular flexibility index (Phi) is 7.97. The molecule has 0 saturated heterocycles. The zero-order chi connectivity index (χ0) is 31.0. The van der Waals surface area contributed by atoms with Gasteiger partial charge in [0.05, 0.1) is 10.6 Å². The van der Waals surface area contributed by atoms with Gasteiger partial charge in [0.1, 0.15) is 11.5 Å². The molecular formula is C39H36O3P2. The summed E-state index contributed by atoms with van der Waals surface area (Å²) < 4.78 is 38.1. The lowest BCUT2D eigenvalue weighted by molar-refractivity contribution is 0.424. The first kappa shape index (κ1) is 29.9. The number of fused-ring (bicyclic) bond motifs is 2. The van der Waals surface area contributed by atoms with E-state index < -0.39 is 19.7 Å². The van der Waals surface area contributed by atoms with Crippen molar-refractivity contribution < 1.29 is 13.9 Å². The zero-order valence-electron chi connectivity index (χ0n) is 25.5. The Balaban J connectivity index is 1.65. The van der Waals surface area contributed by atoms with Gasteiger partial charge in [-0.1, -0.05) is 147 Å². The smallest absolute Gasteiger partial charge is 0.174 e. The third-order valence-corrected chi connectivity index (χ3v) is 14.9. The lowest BCUT2D eigenvalue weighted by Crippen LogP contribution is -2.33. The maximum Gasteiger partial charge on any atom is 0.174 e. The topological polar surface area (TPSA) is 43.4 Å². The summed E-state index contributed by atoms with van der Waals surface area (Å²) >= 11 is 0. The molecule has 0 amide bonds. The lowest BCUT2D eigenvalue weighted by atomic mass is 9.76. The zero-order valence-corrected chi connectivity index (χ0v) is 27.3. The van der Waals surface area contributed by atoms with Gasteiger partial charge in [-0.15, -0.1) is 0 Å². The van der Waals surface area contributed by atoms with E-state index in [1.165, 1.54) is 0 Å². The van der Waals surface area contributed by atoms with Gasteiger partial charge in [-0.25, -0.2) is 0 Å². The molecule has 0 aromatic heterocycles. The van der Waals surface area contributed by atoms with Crippen LogP contribution < -0.4 is 31.3 Å². The Bertz CT molecular complexity index is 1930. The van der Waals surface area contributed by atoms with Crippen LogP contribution in [0.15, 0.2) is 151 Å². The first-order valence-corrected chi connectivity index (χ1v) is 18.3. The predicted molar refractivity (Wildman–Crippen MR) is 186 cm³/mol. The number of allylic oxidation sites excluding steroid dienone is 4. The number of para-hydroxylation sites is 2. The van der Waals surface area contributed by atoms with Crippen LogP contribution in [-0.4, -0.2) is 0 Å². The van der Waals surface area contributed by atoms with Crippen LogP contribution in [0, 0.1) is 0 Å². The van der Waals surface area contributed by atoms with Crippen LogP contribution in [0.3, 0.4) is 0 Å². The first-order chi connectivity index (χ1) is 21.2. The van der Waals surface area contributed by atoms with Gasteiger partial charge in [-0.2, -0.15) is 0 Å². The van der Waals surface area contributed by atoms with Crippen LogP contribution in [0.25, 0.3) is 0 Å². The number of rotatable bonds is 7. The van der Waals surface area contributed by atoms with Crippen molar-refractivity contribution in [2.45, 2.75) is 33.1 Å². The van der Waals surface area contributed by atoms with Crippen LogP contribution in [-0.2, 0) is 14.5 Å². The molecule has 44 heavy (non-hydrogen) atoms. The molecule has 0 radical (unpaired) electrons. The summed E-state index contributed by atoms with van der Waals surface area (Å²) in [6.07, 6.45) is 5.79. The SMILES string of the molecule is C/C=C\C=C(/C)P(=O)(c1ccccc1)c1cccc2c1Oc1c(cccc1P(=O)(c1ccccc1)c1ccccc1)C2(C)C. The molecule has 220 valence electrons. The second-order valence-corrected chi connectivity index (χ2v) is 17.2. The third-order valence-electron chi connectivity index (χ3n) is 8.60. The molecule has 3 nitrogen and oxygen atoms in total. The second-order valence-electron chi connectivity index (χ2n) is 11.6. The molecule has 1 heterocycles. The normalized spacial score (nSPS) is 15.6. The van der Waals surface area contributed by atoms with Crippen LogP contribution >= 0.6 is 14.3 Å². The molecule has 0 bridgehead atoms. The van der Waals surface area contributed by atoms with Gasteiger partial charge in [0.15, 0.2) is 14.3 Å². The highest BCUT2D eigenvalue weighted by Crippen LogP contribution is 2.58. The molecule has 1 atom stereocenters. The Morgan fingerprint density at radius 1 is 0.614 bits per heavy atom. The van der Waals surface area contributed by atoms with Gasteiger partial charge in [0, 0.05) is 32.5 Å². The Morgan fingerprint density at radius 3 is 1.57 bits per heavy atom.